The first-order chi connectivity index (χ1) is 12.0. The van der Waals surface area contributed by atoms with E-state index < -0.39 is 9.85 Å². The van der Waals surface area contributed by atoms with E-state index in [1.165, 1.54) is 16.8 Å². The summed E-state index contributed by atoms with van der Waals surface area (Å²) in [6, 6.07) is 10.7. The molecule has 3 rings (SSSR count). The lowest BCUT2D eigenvalue weighted by Gasteiger charge is -2.09. The van der Waals surface area contributed by atoms with Crippen LogP contribution in [0.3, 0.4) is 0 Å². The van der Waals surface area contributed by atoms with Gasteiger partial charge in [0.15, 0.2) is 0 Å². The Kier molecular flexibility index (Phi) is 4.31. The maximum atomic E-state index is 11.0. The molecular weight excluding hydrogens is 348 g/mol. The van der Waals surface area contributed by atoms with Crippen LogP contribution in [0.15, 0.2) is 42.5 Å². The Morgan fingerprint density at radius 2 is 1.72 bits per heavy atom. The molecule has 0 spiro atoms. The zero-order valence-corrected chi connectivity index (χ0v) is 13.3. The van der Waals surface area contributed by atoms with Gasteiger partial charge in [-0.1, -0.05) is 28.5 Å². The summed E-state index contributed by atoms with van der Waals surface area (Å²) in [6.45, 7) is 0. The molecule has 0 fully saturated rings. The average Bonchev–Trinajstić information content (AvgIpc) is 3.01. The number of para-hydroxylation sites is 1. The molecule has 0 aliphatic heterocycles. The lowest BCUT2D eigenvalue weighted by atomic mass is 10.0. The first-order valence-electron chi connectivity index (χ1n) is 6.97. The Morgan fingerprint density at radius 1 is 1.08 bits per heavy atom. The highest BCUT2D eigenvalue weighted by atomic mass is 32.1. The summed E-state index contributed by atoms with van der Waals surface area (Å²) in [5.74, 6) is 0. The molecule has 1 aromatic heterocycles. The summed E-state index contributed by atoms with van der Waals surface area (Å²) in [7, 11) is 0. The Labute approximate surface area is 145 Å². The van der Waals surface area contributed by atoms with Crippen molar-refractivity contribution in [3.8, 4) is 5.69 Å². The van der Waals surface area contributed by atoms with Gasteiger partial charge in [0.2, 0.25) is 4.77 Å². The summed E-state index contributed by atoms with van der Waals surface area (Å²) >= 11 is 5.08. The predicted molar refractivity (Wildman–Crippen MR) is 89.1 cm³/mol. The molecule has 0 aliphatic carbocycles. The SMILES string of the molecule is O=[N+]([O-])c1cc(Cc2ccccc2-n2[nH]nnc2=S)cc([N+](=O)[O-])c1. The van der Waals surface area contributed by atoms with Crippen LogP contribution in [0.1, 0.15) is 11.1 Å². The average molecular weight is 358 g/mol. The van der Waals surface area contributed by atoms with E-state index in [1.54, 1.807) is 24.3 Å². The number of benzene rings is 2. The van der Waals surface area contributed by atoms with Gasteiger partial charge < -0.3 is 0 Å². The molecule has 126 valence electrons. The third kappa shape index (κ3) is 3.40. The second-order valence-electron chi connectivity index (χ2n) is 5.10. The summed E-state index contributed by atoms with van der Waals surface area (Å²) in [6.07, 6.45) is 0.236. The van der Waals surface area contributed by atoms with Crippen LogP contribution in [0.2, 0.25) is 0 Å². The Balaban J connectivity index is 2.07. The van der Waals surface area contributed by atoms with Crippen LogP contribution in [-0.4, -0.2) is 30.1 Å². The zero-order chi connectivity index (χ0) is 18.0. The molecule has 0 aliphatic rings. The molecule has 1 heterocycles. The number of nitrogens with zero attached hydrogens (tertiary/aromatic N) is 5. The number of aromatic nitrogens is 4. The van der Waals surface area contributed by atoms with Gasteiger partial charge in [0, 0.05) is 18.6 Å². The summed E-state index contributed by atoms with van der Waals surface area (Å²) in [4.78, 5) is 20.7. The summed E-state index contributed by atoms with van der Waals surface area (Å²) in [5.41, 5.74) is 1.18. The molecule has 25 heavy (non-hydrogen) atoms. The molecule has 0 bridgehead atoms. The fraction of sp³-hybridized carbons (Fsp3) is 0.0714. The van der Waals surface area contributed by atoms with E-state index in [1.807, 2.05) is 0 Å². The minimum Gasteiger partial charge on any atom is -0.258 e. The van der Waals surface area contributed by atoms with Crippen molar-refractivity contribution in [2.75, 3.05) is 0 Å². The van der Waals surface area contributed by atoms with E-state index >= 15 is 0 Å². The van der Waals surface area contributed by atoms with Crippen LogP contribution in [-0.2, 0) is 6.42 Å². The van der Waals surface area contributed by atoms with Crippen molar-refractivity contribution >= 4 is 23.6 Å². The minimum absolute atomic E-state index is 0.220. The van der Waals surface area contributed by atoms with Crippen molar-refractivity contribution in [2.45, 2.75) is 6.42 Å². The van der Waals surface area contributed by atoms with E-state index in [9.17, 15) is 20.2 Å². The third-order valence-corrected chi connectivity index (χ3v) is 3.75. The molecule has 11 heteroatoms. The smallest absolute Gasteiger partial charge is 0.258 e. The maximum Gasteiger partial charge on any atom is 0.276 e. The van der Waals surface area contributed by atoms with E-state index in [-0.39, 0.29) is 22.6 Å². The Morgan fingerprint density at radius 3 is 2.28 bits per heavy atom. The maximum absolute atomic E-state index is 11.0. The Hall–Kier alpha value is -3.47. The monoisotopic (exact) mass is 358 g/mol. The van der Waals surface area contributed by atoms with Crippen LogP contribution in [0.25, 0.3) is 5.69 Å². The summed E-state index contributed by atoms with van der Waals surface area (Å²) in [5, 5.41) is 32.0. The van der Waals surface area contributed by atoms with Crippen molar-refractivity contribution in [3.05, 3.63) is 78.6 Å². The van der Waals surface area contributed by atoms with Gasteiger partial charge in [0.1, 0.15) is 0 Å². The van der Waals surface area contributed by atoms with E-state index in [2.05, 4.69) is 15.5 Å². The van der Waals surface area contributed by atoms with Gasteiger partial charge >= 0.3 is 0 Å². The van der Waals surface area contributed by atoms with Crippen molar-refractivity contribution < 1.29 is 9.85 Å². The molecule has 0 amide bonds. The molecule has 3 aromatic rings. The number of nitro benzene ring substituents is 2. The van der Waals surface area contributed by atoms with Gasteiger partial charge in [0.25, 0.3) is 11.4 Å². The fourth-order valence-corrected chi connectivity index (χ4v) is 2.60. The minimum atomic E-state index is -0.655. The highest BCUT2D eigenvalue weighted by Crippen LogP contribution is 2.26. The number of aromatic amines is 1. The third-order valence-electron chi connectivity index (χ3n) is 3.48. The number of rotatable bonds is 5. The number of nitrogens with one attached hydrogen (secondary N) is 1. The number of H-pyrrole nitrogens is 1. The van der Waals surface area contributed by atoms with Gasteiger partial charge in [0.05, 0.1) is 21.6 Å². The number of hydrogen-bond acceptors (Lipinski definition) is 7. The van der Waals surface area contributed by atoms with Gasteiger partial charge in [-0.3, -0.25) is 20.2 Å². The second-order valence-corrected chi connectivity index (χ2v) is 5.46. The molecule has 1 N–H and O–H groups in total. The van der Waals surface area contributed by atoms with Gasteiger partial charge in [-0.2, -0.15) is 5.21 Å². The van der Waals surface area contributed by atoms with Crippen molar-refractivity contribution in [2.24, 2.45) is 0 Å². The van der Waals surface area contributed by atoms with Crippen LogP contribution in [0.4, 0.5) is 11.4 Å². The van der Waals surface area contributed by atoms with Crippen molar-refractivity contribution in [1.82, 2.24) is 20.2 Å². The highest BCUT2D eigenvalue weighted by molar-refractivity contribution is 7.71. The normalized spacial score (nSPS) is 10.6. The molecule has 0 unspecified atom stereocenters. The molecule has 0 atom stereocenters. The molecule has 0 radical (unpaired) electrons. The summed E-state index contributed by atoms with van der Waals surface area (Å²) < 4.78 is 1.70. The lowest BCUT2D eigenvalue weighted by Crippen LogP contribution is -2.03. The van der Waals surface area contributed by atoms with Crippen molar-refractivity contribution in [1.29, 1.82) is 0 Å². The first kappa shape index (κ1) is 16.4. The zero-order valence-electron chi connectivity index (χ0n) is 12.5. The molecule has 0 saturated heterocycles. The van der Waals surface area contributed by atoms with E-state index in [0.717, 1.165) is 11.6 Å². The fourth-order valence-electron chi connectivity index (χ4n) is 2.42. The molecule has 10 nitrogen and oxygen atoms in total. The van der Waals surface area contributed by atoms with Crippen LogP contribution < -0.4 is 0 Å². The molecule has 2 aromatic carbocycles. The van der Waals surface area contributed by atoms with E-state index in [4.69, 9.17) is 12.2 Å². The highest BCUT2D eigenvalue weighted by Gasteiger charge is 2.17. The van der Waals surface area contributed by atoms with Gasteiger partial charge in [-0.15, -0.1) is 0 Å². The Bertz CT molecular complexity index is 996. The van der Waals surface area contributed by atoms with Crippen LogP contribution in [0.5, 0.6) is 0 Å². The topological polar surface area (TPSA) is 133 Å². The lowest BCUT2D eigenvalue weighted by molar-refractivity contribution is -0.394. The van der Waals surface area contributed by atoms with Gasteiger partial charge in [-0.05, 0) is 29.4 Å². The van der Waals surface area contributed by atoms with Crippen LogP contribution in [0, 0.1) is 25.0 Å². The standard InChI is InChI=1S/C14H10N6O4S/c21-19(22)11-6-9(7-12(8-11)20(23)24)5-10-3-1-2-4-13(10)18-14(25)15-16-17-18/h1-4,6-8H,5H2,(H,15,17,25). The van der Waals surface area contributed by atoms with E-state index in [0.29, 0.717) is 11.3 Å². The molecular formula is C14H10N6O4S. The largest absolute Gasteiger partial charge is 0.276 e. The quantitative estimate of drug-likeness (QED) is 0.421. The number of non-ortho nitro benzene ring substituents is 2. The molecule has 0 saturated carbocycles. The van der Waals surface area contributed by atoms with Gasteiger partial charge in [-0.25, -0.2) is 4.68 Å². The van der Waals surface area contributed by atoms with Crippen molar-refractivity contribution in [3.63, 3.8) is 0 Å². The second kappa shape index (κ2) is 6.57. The number of hydrogen-bond donors (Lipinski definition) is 1. The predicted octanol–water partition coefficient (Wildman–Crippen LogP) is 2.73. The number of tetrazole rings is 1. The number of nitro groups is 2. The first-order valence-corrected chi connectivity index (χ1v) is 7.37. The van der Waals surface area contributed by atoms with Crippen LogP contribution >= 0.6 is 12.2 Å².